The molecule has 1 saturated heterocycles. The van der Waals surface area contributed by atoms with Gasteiger partial charge >= 0.3 is 0 Å². The second kappa shape index (κ2) is 6.03. The van der Waals surface area contributed by atoms with Crippen molar-refractivity contribution in [2.75, 3.05) is 30.7 Å². The Labute approximate surface area is 151 Å². The van der Waals surface area contributed by atoms with Crippen molar-refractivity contribution in [3.05, 3.63) is 24.3 Å². The largest absolute Gasteiger partial charge is 0.369 e. The number of anilines is 1. The lowest BCUT2D eigenvalue weighted by Crippen LogP contribution is -2.64. The van der Waals surface area contributed by atoms with Crippen LogP contribution < -0.4 is 5.32 Å². The Morgan fingerprint density at radius 3 is 2.92 bits per heavy atom. The topological polar surface area (TPSA) is 117 Å². The first-order chi connectivity index (χ1) is 12.5. The molecule has 0 radical (unpaired) electrons. The van der Waals surface area contributed by atoms with Crippen LogP contribution >= 0.6 is 0 Å². The van der Waals surface area contributed by atoms with E-state index in [4.69, 9.17) is 0 Å². The van der Waals surface area contributed by atoms with Crippen LogP contribution in [-0.2, 0) is 22.0 Å². The summed E-state index contributed by atoms with van der Waals surface area (Å²) in [4.78, 5) is 8.64. The molecule has 2 aromatic heterocycles. The highest BCUT2D eigenvalue weighted by molar-refractivity contribution is 7.89. The van der Waals surface area contributed by atoms with E-state index in [9.17, 15) is 13.7 Å². The molecule has 4 rings (SSSR count). The number of hydrogen-bond acceptors (Lipinski definition) is 7. The smallest absolute Gasteiger partial charge is 0.213 e. The molecule has 0 bridgehead atoms. The fourth-order valence-electron chi connectivity index (χ4n) is 3.53. The number of nitrogens with zero attached hydrogens (tertiary/aromatic N) is 6. The Morgan fingerprint density at radius 1 is 1.38 bits per heavy atom. The van der Waals surface area contributed by atoms with Crippen molar-refractivity contribution in [1.82, 2.24) is 24.1 Å². The average molecular weight is 373 g/mol. The molecule has 2 aliphatic heterocycles. The molecule has 2 aliphatic rings. The summed E-state index contributed by atoms with van der Waals surface area (Å²) in [6, 6.07) is 2.17. The SMILES string of the molecule is CCS(=O)(=O)N1CC(CC#N)(n2cc(-c3ncnc4c3CCN4)cn2)C1. The summed E-state index contributed by atoms with van der Waals surface area (Å²) in [7, 11) is -3.26. The molecule has 0 atom stereocenters. The van der Waals surface area contributed by atoms with Crippen molar-refractivity contribution >= 4 is 15.8 Å². The number of rotatable bonds is 5. The van der Waals surface area contributed by atoms with Crippen LogP contribution in [0.5, 0.6) is 0 Å². The van der Waals surface area contributed by atoms with Crippen LogP contribution in [0.25, 0.3) is 11.3 Å². The van der Waals surface area contributed by atoms with Gasteiger partial charge in [0.15, 0.2) is 0 Å². The van der Waals surface area contributed by atoms with Crippen molar-refractivity contribution < 1.29 is 8.42 Å². The fraction of sp³-hybridized carbons (Fsp3) is 0.500. The first-order valence-electron chi connectivity index (χ1n) is 8.47. The third kappa shape index (κ3) is 2.55. The maximum Gasteiger partial charge on any atom is 0.213 e. The second-order valence-electron chi connectivity index (χ2n) is 6.63. The predicted octanol–water partition coefficient (Wildman–Crippen LogP) is 0.582. The van der Waals surface area contributed by atoms with E-state index in [2.05, 4.69) is 26.5 Å². The molecule has 0 saturated carbocycles. The molecule has 10 heteroatoms. The summed E-state index contributed by atoms with van der Waals surface area (Å²) in [6.45, 7) is 2.98. The summed E-state index contributed by atoms with van der Waals surface area (Å²) in [5.74, 6) is 0.901. The minimum Gasteiger partial charge on any atom is -0.369 e. The van der Waals surface area contributed by atoms with Crippen LogP contribution in [0.1, 0.15) is 18.9 Å². The van der Waals surface area contributed by atoms with Gasteiger partial charge < -0.3 is 5.32 Å². The van der Waals surface area contributed by atoms with Gasteiger partial charge in [-0.1, -0.05) is 0 Å². The lowest BCUT2D eigenvalue weighted by atomic mass is 9.89. The van der Waals surface area contributed by atoms with Gasteiger partial charge in [0.2, 0.25) is 10.0 Å². The third-order valence-electron chi connectivity index (χ3n) is 5.06. The standard InChI is InChI=1S/C16H19N7O2S/c1-2-26(24,25)22-9-16(10-22,4-5-17)23-8-12(7-21-23)14-13-3-6-18-15(13)20-11-19-14/h7-8,11H,2-4,6,9-10H2,1H3,(H,18,19,20). The van der Waals surface area contributed by atoms with Crippen LogP contribution in [0.15, 0.2) is 18.7 Å². The highest BCUT2D eigenvalue weighted by Gasteiger charge is 2.49. The van der Waals surface area contributed by atoms with Gasteiger partial charge in [0.25, 0.3) is 0 Å². The number of fused-ring (bicyclic) bond motifs is 1. The van der Waals surface area contributed by atoms with E-state index >= 15 is 0 Å². The van der Waals surface area contributed by atoms with E-state index in [1.165, 1.54) is 10.6 Å². The molecule has 9 nitrogen and oxygen atoms in total. The molecule has 136 valence electrons. The Hall–Kier alpha value is -2.51. The Balaban J connectivity index is 1.65. The third-order valence-corrected chi connectivity index (χ3v) is 6.84. The number of nitriles is 1. The molecule has 0 unspecified atom stereocenters. The average Bonchev–Trinajstić information content (AvgIpc) is 3.26. The van der Waals surface area contributed by atoms with Gasteiger partial charge in [-0.3, -0.25) is 4.68 Å². The zero-order valence-electron chi connectivity index (χ0n) is 14.4. The monoisotopic (exact) mass is 373 g/mol. The van der Waals surface area contributed by atoms with Crippen molar-refractivity contribution in [3.8, 4) is 17.3 Å². The molecule has 4 heterocycles. The van der Waals surface area contributed by atoms with Crippen LogP contribution in [-0.4, -0.2) is 57.9 Å². The Morgan fingerprint density at radius 2 is 2.19 bits per heavy atom. The second-order valence-corrected chi connectivity index (χ2v) is 8.89. The van der Waals surface area contributed by atoms with E-state index in [1.807, 2.05) is 6.20 Å². The number of sulfonamides is 1. The van der Waals surface area contributed by atoms with Crippen LogP contribution in [0.2, 0.25) is 0 Å². The summed E-state index contributed by atoms with van der Waals surface area (Å²) < 4.78 is 27.2. The van der Waals surface area contributed by atoms with Crippen molar-refractivity contribution in [2.45, 2.75) is 25.3 Å². The first kappa shape index (κ1) is 16.9. The molecular weight excluding hydrogens is 354 g/mol. The molecule has 0 amide bonds. The Bertz CT molecular complexity index is 986. The van der Waals surface area contributed by atoms with Gasteiger partial charge in [0.05, 0.1) is 30.1 Å². The molecule has 1 fully saturated rings. The Kier molecular flexibility index (Phi) is 3.93. The van der Waals surface area contributed by atoms with Gasteiger partial charge in [-0.2, -0.15) is 14.7 Å². The summed E-state index contributed by atoms with van der Waals surface area (Å²) in [5.41, 5.74) is 2.12. The van der Waals surface area contributed by atoms with Crippen LogP contribution in [0, 0.1) is 11.3 Å². The summed E-state index contributed by atoms with van der Waals surface area (Å²) in [6.07, 6.45) is 6.15. The zero-order chi connectivity index (χ0) is 18.4. The predicted molar refractivity (Wildman–Crippen MR) is 94.7 cm³/mol. The maximum absolute atomic E-state index is 12.0. The fourth-order valence-corrected chi connectivity index (χ4v) is 4.77. The number of aromatic nitrogens is 4. The van der Waals surface area contributed by atoms with E-state index in [1.54, 1.807) is 17.8 Å². The summed E-state index contributed by atoms with van der Waals surface area (Å²) >= 11 is 0. The minimum absolute atomic E-state index is 0.0556. The molecular formula is C16H19N7O2S. The quantitative estimate of drug-likeness (QED) is 0.815. The van der Waals surface area contributed by atoms with Crippen molar-refractivity contribution in [1.29, 1.82) is 5.26 Å². The van der Waals surface area contributed by atoms with Crippen LogP contribution in [0.3, 0.4) is 0 Å². The maximum atomic E-state index is 12.0. The summed E-state index contributed by atoms with van der Waals surface area (Å²) in [5, 5.41) is 16.9. The molecule has 2 aromatic rings. The normalized spacial score (nSPS) is 18.6. The highest BCUT2D eigenvalue weighted by atomic mass is 32.2. The number of nitrogens with one attached hydrogen (secondary N) is 1. The number of hydrogen-bond donors (Lipinski definition) is 1. The highest BCUT2D eigenvalue weighted by Crippen LogP contribution is 2.36. The molecule has 26 heavy (non-hydrogen) atoms. The van der Waals surface area contributed by atoms with Gasteiger partial charge in [-0.05, 0) is 13.3 Å². The lowest BCUT2D eigenvalue weighted by Gasteiger charge is -2.47. The molecule has 0 aromatic carbocycles. The van der Waals surface area contributed by atoms with Crippen LogP contribution in [0.4, 0.5) is 5.82 Å². The van der Waals surface area contributed by atoms with Crippen molar-refractivity contribution in [3.63, 3.8) is 0 Å². The van der Waals surface area contributed by atoms with E-state index in [0.717, 1.165) is 35.6 Å². The van der Waals surface area contributed by atoms with Gasteiger partial charge in [-0.25, -0.2) is 18.4 Å². The molecule has 1 N–H and O–H groups in total. The zero-order valence-corrected chi connectivity index (χ0v) is 15.2. The van der Waals surface area contributed by atoms with E-state index < -0.39 is 15.6 Å². The van der Waals surface area contributed by atoms with E-state index in [0.29, 0.717) is 0 Å². The first-order valence-corrected chi connectivity index (χ1v) is 10.1. The van der Waals surface area contributed by atoms with E-state index in [-0.39, 0.29) is 25.3 Å². The van der Waals surface area contributed by atoms with Crippen molar-refractivity contribution in [2.24, 2.45) is 0 Å². The lowest BCUT2D eigenvalue weighted by molar-refractivity contribution is 0.0719. The van der Waals surface area contributed by atoms with Gasteiger partial charge in [-0.15, -0.1) is 0 Å². The minimum atomic E-state index is -3.26. The molecule has 0 aliphatic carbocycles. The van der Waals surface area contributed by atoms with Gasteiger partial charge in [0, 0.05) is 37.0 Å². The molecule has 0 spiro atoms. The van der Waals surface area contributed by atoms with Gasteiger partial charge in [0.1, 0.15) is 17.7 Å².